The topological polar surface area (TPSA) is 66.9 Å². The van der Waals surface area contributed by atoms with E-state index in [-0.39, 0.29) is 36.5 Å². The molecule has 2 heterocycles. The van der Waals surface area contributed by atoms with Crippen LogP contribution in [0.2, 0.25) is 0 Å². The number of rotatable bonds is 6. The molecule has 0 radical (unpaired) electrons. The Balaban J connectivity index is 1.40. The van der Waals surface area contributed by atoms with E-state index in [1.54, 1.807) is 23.2 Å². The molecule has 0 N–H and O–H groups in total. The molecule has 3 rings (SSSR count). The Hall–Kier alpha value is -1.89. The number of ether oxygens (including phenoxy) is 1. The molecule has 1 aromatic heterocycles. The largest absolute Gasteiger partial charge is 0.466 e. The number of thiophene rings is 1. The highest BCUT2D eigenvalue weighted by molar-refractivity contribution is 7.10. The molecule has 0 aromatic carbocycles. The summed E-state index contributed by atoms with van der Waals surface area (Å²) in [6.45, 7) is 4.34. The Kier molecular flexibility index (Phi) is 5.73. The average Bonchev–Trinajstić information content (AvgIpc) is 3.24. The molecule has 0 unspecified atom stereocenters. The molecule has 7 heteroatoms. The fourth-order valence-electron chi connectivity index (χ4n) is 3.30. The van der Waals surface area contributed by atoms with Crippen molar-refractivity contribution in [1.29, 1.82) is 0 Å². The minimum absolute atomic E-state index is 0.0389. The lowest BCUT2D eigenvalue weighted by molar-refractivity contribution is -0.146. The molecular weight excluding hydrogens is 340 g/mol. The number of esters is 1. The van der Waals surface area contributed by atoms with E-state index >= 15 is 0 Å². The van der Waals surface area contributed by atoms with Crippen LogP contribution in [0.4, 0.5) is 0 Å². The lowest BCUT2D eigenvalue weighted by Crippen LogP contribution is -2.51. The minimum Gasteiger partial charge on any atom is -0.466 e. The number of amides is 2. The molecule has 2 fully saturated rings. The molecule has 1 saturated carbocycles. The fourth-order valence-corrected chi connectivity index (χ4v) is 4.20. The smallest absolute Gasteiger partial charge is 0.306 e. The van der Waals surface area contributed by atoms with Crippen LogP contribution in [0.15, 0.2) is 17.5 Å². The molecule has 2 amide bonds. The second kappa shape index (κ2) is 7.99. The van der Waals surface area contributed by atoms with Crippen LogP contribution in [0.5, 0.6) is 0 Å². The van der Waals surface area contributed by atoms with E-state index in [9.17, 15) is 14.4 Å². The molecule has 6 nitrogen and oxygen atoms in total. The second-order valence-electron chi connectivity index (χ2n) is 6.48. The Labute approximate surface area is 151 Å². The molecule has 136 valence electrons. The predicted molar refractivity (Wildman–Crippen MR) is 94.2 cm³/mol. The van der Waals surface area contributed by atoms with Crippen molar-refractivity contribution in [1.82, 2.24) is 9.80 Å². The fraction of sp³-hybridized carbons (Fsp3) is 0.611. The van der Waals surface area contributed by atoms with Crippen molar-refractivity contribution in [2.45, 2.75) is 32.1 Å². The molecule has 1 aliphatic heterocycles. The van der Waals surface area contributed by atoms with Crippen LogP contribution in [-0.2, 0) is 19.1 Å². The first kappa shape index (κ1) is 17.9. The average molecular weight is 364 g/mol. The summed E-state index contributed by atoms with van der Waals surface area (Å²) in [6.07, 6.45) is 1.24. The molecule has 1 aliphatic carbocycles. The van der Waals surface area contributed by atoms with Crippen LogP contribution in [0, 0.1) is 5.92 Å². The van der Waals surface area contributed by atoms with Crippen molar-refractivity contribution in [2.24, 2.45) is 5.92 Å². The van der Waals surface area contributed by atoms with Crippen LogP contribution in [-0.4, -0.2) is 60.4 Å². The number of hydrogen-bond donors (Lipinski definition) is 0. The summed E-state index contributed by atoms with van der Waals surface area (Å²) in [7, 11) is 0. The zero-order valence-corrected chi connectivity index (χ0v) is 15.3. The van der Waals surface area contributed by atoms with Gasteiger partial charge in [0.1, 0.15) is 0 Å². The van der Waals surface area contributed by atoms with Gasteiger partial charge in [-0.1, -0.05) is 6.07 Å². The van der Waals surface area contributed by atoms with Gasteiger partial charge in [-0.3, -0.25) is 14.4 Å². The van der Waals surface area contributed by atoms with E-state index in [0.717, 1.165) is 6.42 Å². The highest BCUT2D eigenvalue weighted by Crippen LogP contribution is 2.50. The Bertz CT molecular complexity index is 623. The zero-order valence-electron chi connectivity index (χ0n) is 14.5. The molecule has 1 saturated heterocycles. The first-order valence-corrected chi connectivity index (χ1v) is 9.73. The van der Waals surface area contributed by atoms with E-state index in [4.69, 9.17) is 4.74 Å². The van der Waals surface area contributed by atoms with Crippen LogP contribution in [0.3, 0.4) is 0 Å². The summed E-state index contributed by atoms with van der Waals surface area (Å²) in [4.78, 5) is 41.0. The maximum atomic E-state index is 12.6. The lowest BCUT2D eigenvalue weighted by Gasteiger charge is -2.35. The normalized spacial score (nSPS) is 22.6. The Morgan fingerprint density at radius 2 is 1.88 bits per heavy atom. The monoisotopic (exact) mass is 364 g/mol. The van der Waals surface area contributed by atoms with E-state index in [1.165, 1.54) is 4.88 Å². The first-order valence-electron chi connectivity index (χ1n) is 8.85. The van der Waals surface area contributed by atoms with Gasteiger partial charge in [0.25, 0.3) is 0 Å². The van der Waals surface area contributed by atoms with Gasteiger partial charge in [0.05, 0.1) is 13.0 Å². The third-order valence-electron chi connectivity index (χ3n) is 4.81. The summed E-state index contributed by atoms with van der Waals surface area (Å²) in [5.41, 5.74) is 0. The number of carbonyl (C=O) groups is 3. The zero-order chi connectivity index (χ0) is 17.8. The van der Waals surface area contributed by atoms with Crippen molar-refractivity contribution in [2.75, 3.05) is 32.8 Å². The molecule has 2 aliphatic rings. The third-order valence-corrected chi connectivity index (χ3v) is 5.81. The number of carbonyl (C=O) groups excluding carboxylic acids is 3. The van der Waals surface area contributed by atoms with Gasteiger partial charge in [0.15, 0.2) is 0 Å². The van der Waals surface area contributed by atoms with E-state index in [2.05, 4.69) is 11.4 Å². The molecular formula is C18H24N2O4S. The molecule has 2 atom stereocenters. The van der Waals surface area contributed by atoms with Crippen molar-refractivity contribution in [3.8, 4) is 0 Å². The summed E-state index contributed by atoms with van der Waals surface area (Å²) >= 11 is 1.72. The van der Waals surface area contributed by atoms with Gasteiger partial charge in [0.2, 0.25) is 11.8 Å². The number of piperazine rings is 1. The summed E-state index contributed by atoms with van der Waals surface area (Å²) in [6, 6.07) is 4.13. The molecule has 0 bridgehead atoms. The third kappa shape index (κ3) is 4.39. The van der Waals surface area contributed by atoms with Crippen molar-refractivity contribution >= 4 is 29.1 Å². The Morgan fingerprint density at radius 1 is 1.16 bits per heavy atom. The van der Waals surface area contributed by atoms with Crippen molar-refractivity contribution in [3.05, 3.63) is 22.4 Å². The summed E-state index contributed by atoms with van der Waals surface area (Å²) < 4.78 is 4.84. The van der Waals surface area contributed by atoms with Crippen LogP contribution < -0.4 is 0 Å². The SMILES string of the molecule is CCOC(=O)CCC(=O)N1CCN(C(=O)[C@H]2C[C@H]2c2cccs2)CC1. The lowest BCUT2D eigenvalue weighted by atomic mass is 10.2. The molecule has 25 heavy (non-hydrogen) atoms. The van der Waals surface area contributed by atoms with Gasteiger partial charge in [-0.15, -0.1) is 11.3 Å². The first-order chi connectivity index (χ1) is 12.1. The van der Waals surface area contributed by atoms with Gasteiger partial charge < -0.3 is 14.5 Å². The van der Waals surface area contributed by atoms with Crippen LogP contribution in [0.25, 0.3) is 0 Å². The highest BCUT2D eigenvalue weighted by atomic mass is 32.1. The minimum atomic E-state index is -0.335. The summed E-state index contributed by atoms with van der Waals surface area (Å²) in [5.74, 6) is 0.347. The maximum absolute atomic E-state index is 12.6. The molecule has 1 aromatic rings. The van der Waals surface area contributed by atoms with Gasteiger partial charge in [0, 0.05) is 49.3 Å². The van der Waals surface area contributed by atoms with E-state index in [1.807, 2.05) is 11.0 Å². The number of hydrogen-bond acceptors (Lipinski definition) is 5. The van der Waals surface area contributed by atoms with E-state index in [0.29, 0.717) is 38.7 Å². The van der Waals surface area contributed by atoms with Crippen LogP contribution >= 0.6 is 11.3 Å². The number of nitrogens with zero attached hydrogens (tertiary/aromatic N) is 2. The van der Waals surface area contributed by atoms with Crippen LogP contribution in [0.1, 0.15) is 37.0 Å². The molecule has 0 spiro atoms. The highest BCUT2D eigenvalue weighted by Gasteiger charge is 2.46. The maximum Gasteiger partial charge on any atom is 0.306 e. The quantitative estimate of drug-likeness (QED) is 0.723. The standard InChI is InChI=1S/C18H24N2O4S/c1-2-24-17(22)6-5-16(21)19-7-9-20(10-8-19)18(23)14-12-13(14)15-4-3-11-25-15/h3-4,11,13-14H,2,5-10,12H2,1H3/t13-,14+/m1/s1. The second-order valence-corrected chi connectivity index (χ2v) is 7.45. The Morgan fingerprint density at radius 3 is 2.52 bits per heavy atom. The van der Waals surface area contributed by atoms with Gasteiger partial charge in [-0.2, -0.15) is 0 Å². The van der Waals surface area contributed by atoms with Gasteiger partial charge in [-0.25, -0.2) is 0 Å². The summed E-state index contributed by atoms with van der Waals surface area (Å²) in [5, 5.41) is 2.05. The van der Waals surface area contributed by atoms with Gasteiger partial charge in [-0.05, 0) is 24.8 Å². The van der Waals surface area contributed by atoms with Crippen molar-refractivity contribution in [3.63, 3.8) is 0 Å². The predicted octanol–water partition coefficient (Wildman–Crippen LogP) is 1.87. The van der Waals surface area contributed by atoms with E-state index < -0.39 is 0 Å². The van der Waals surface area contributed by atoms with Crippen molar-refractivity contribution < 1.29 is 19.1 Å². The van der Waals surface area contributed by atoms with Gasteiger partial charge >= 0.3 is 5.97 Å².